The Bertz CT molecular complexity index is 267. The van der Waals surface area contributed by atoms with E-state index >= 15 is 0 Å². The van der Waals surface area contributed by atoms with Crippen LogP contribution in [-0.2, 0) is 4.79 Å². The summed E-state index contributed by atoms with van der Waals surface area (Å²) in [6, 6.07) is 0.384. The fourth-order valence-electron chi connectivity index (χ4n) is 2.41. The van der Waals surface area contributed by atoms with Crippen molar-refractivity contribution in [1.29, 1.82) is 0 Å². The Balaban J connectivity index is 2.48. The summed E-state index contributed by atoms with van der Waals surface area (Å²) in [5.74, 6) is 0.251. The van der Waals surface area contributed by atoms with E-state index in [2.05, 4.69) is 24.1 Å². The predicted octanol–water partition coefficient (Wildman–Crippen LogP) is 1.38. The molecule has 106 valence electrons. The molecule has 2 N–H and O–H groups in total. The minimum Gasteiger partial charge on any atom is -0.391 e. The molecule has 4 nitrogen and oxygen atoms in total. The minimum atomic E-state index is -0.454. The van der Waals surface area contributed by atoms with Gasteiger partial charge in [-0.25, -0.2) is 0 Å². The fraction of sp³-hybridized carbons (Fsp3) is 0.929. The average Bonchev–Trinajstić information content (AvgIpc) is 2.35. The van der Waals surface area contributed by atoms with E-state index in [1.54, 1.807) is 0 Å². The van der Waals surface area contributed by atoms with Crippen LogP contribution in [0.2, 0.25) is 0 Å². The van der Waals surface area contributed by atoms with Gasteiger partial charge in [0.2, 0.25) is 5.91 Å². The molecule has 18 heavy (non-hydrogen) atoms. The summed E-state index contributed by atoms with van der Waals surface area (Å²) in [5.41, 5.74) is 0. The lowest BCUT2D eigenvalue weighted by Gasteiger charge is -2.37. The van der Waals surface area contributed by atoms with Crippen LogP contribution in [-0.4, -0.2) is 47.2 Å². The number of aliphatic hydroxyl groups is 1. The first-order chi connectivity index (χ1) is 8.43. The summed E-state index contributed by atoms with van der Waals surface area (Å²) in [6.07, 6.45) is 2.77. The highest BCUT2D eigenvalue weighted by molar-refractivity contribution is 5.81. The maximum Gasteiger partial charge on any atom is 0.237 e. The molecule has 0 saturated carbocycles. The second kappa shape index (κ2) is 7.10. The monoisotopic (exact) mass is 256 g/mol. The first-order valence-corrected chi connectivity index (χ1v) is 7.15. The van der Waals surface area contributed by atoms with E-state index in [0.717, 1.165) is 19.4 Å². The zero-order valence-electron chi connectivity index (χ0n) is 12.1. The summed E-state index contributed by atoms with van der Waals surface area (Å²) >= 11 is 0. The van der Waals surface area contributed by atoms with Gasteiger partial charge in [0.25, 0.3) is 0 Å². The van der Waals surface area contributed by atoms with Crippen LogP contribution in [0, 0.1) is 5.92 Å². The Kier molecular flexibility index (Phi) is 6.09. The third-order valence-electron chi connectivity index (χ3n) is 3.77. The van der Waals surface area contributed by atoms with Crippen LogP contribution in [0.25, 0.3) is 0 Å². The van der Waals surface area contributed by atoms with E-state index in [4.69, 9.17) is 0 Å². The first kappa shape index (κ1) is 15.4. The van der Waals surface area contributed by atoms with Crippen molar-refractivity contribution in [3.8, 4) is 0 Å². The Labute approximate surface area is 111 Å². The average molecular weight is 256 g/mol. The number of carbonyl (C=O) groups is 1. The van der Waals surface area contributed by atoms with Crippen molar-refractivity contribution in [2.24, 2.45) is 5.92 Å². The van der Waals surface area contributed by atoms with E-state index in [1.165, 1.54) is 6.42 Å². The van der Waals surface area contributed by atoms with Crippen LogP contribution in [0.1, 0.15) is 47.0 Å². The lowest BCUT2D eigenvalue weighted by molar-refractivity contribution is -0.129. The quantitative estimate of drug-likeness (QED) is 0.781. The Morgan fingerprint density at radius 1 is 1.33 bits per heavy atom. The normalized spacial score (nSPS) is 23.4. The molecule has 0 aromatic rings. The number of piperidine rings is 1. The van der Waals surface area contributed by atoms with Gasteiger partial charge in [-0.3, -0.25) is 9.69 Å². The zero-order valence-corrected chi connectivity index (χ0v) is 12.1. The maximum absolute atomic E-state index is 12.2. The molecule has 2 unspecified atom stereocenters. The van der Waals surface area contributed by atoms with Gasteiger partial charge >= 0.3 is 0 Å². The summed E-state index contributed by atoms with van der Waals surface area (Å²) in [6.45, 7) is 9.54. The number of nitrogens with one attached hydrogen (secondary N) is 1. The topological polar surface area (TPSA) is 52.6 Å². The van der Waals surface area contributed by atoms with Crippen LogP contribution in [0.3, 0.4) is 0 Å². The number of nitrogens with zero attached hydrogens (tertiary/aromatic N) is 1. The van der Waals surface area contributed by atoms with Crippen molar-refractivity contribution in [3.05, 3.63) is 0 Å². The smallest absolute Gasteiger partial charge is 0.237 e. The van der Waals surface area contributed by atoms with Gasteiger partial charge in [0, 0.05) is 12.6 Å². The van der Waals surface area contributed by atoms with E-state index in [1.807, 2.05) is 13.8 Å². The van der Waals surface area contributed by atoms with Crippen molar-refractivity contribution in [2.45, 2.75) is 65.1 Å². The molecule has 0 aromatic carbocycles. The molecular formula is C14H28N2O2. The second-order valence-electron chi connectivity index (χ2n) is 5.90. The lowest BCUT2D eigenvalue weighted by atomic mass is 9.99. The largest absolute Gasteiger partial charge is 0.391 e. The number of carbonyl (C=O) groups excluding carboxylic acids is 1. The molecule has 0 aliphatic carbocycles. The van der Waals surface area contributed by atoms with E-state index in [-0.39, 0.29) is 17.9 Å². The number of hydrogen-bond donors (Lipinski definition) is 2. The van der Waals surface area contributed by atoms with Gasteiger partial charge in [-0.2, -0.15) is 0 Å². The molecule has 4 heteroatoms. The van der Waals surface area contributed by atoms with Crippen molar-refractivity contribution < 1.29 is 9.90 Å². The summed E-state index contributed by atoms with van der Waals surface area (Å²) in [7, 11) is 0. The van der Waals surface area contributed by atoms with Crippen molar-refractivity contribution in [3.63, 3.8) is 0 Å². The highest BCUT2D eigenvalue weighted by Crippen LogP contribution is 2.19. The molecule has 1 rings (SSSR count). The Hall–Kier alpha value is -0.610. The molecule has 0 aromatic heterocycles. The van der Waals surface area contributed by atoms with Crippen LogP contribution < -0.4 is 5.32 Å². The van der Waals surface area contributed by atoms with Crippen LogP contribution in [0.4, 0.5) is 0 Å². The number of aliphatic hydroxyl groups excluding tert-OH is 1. The lowest BCUT2D eigenvalue weighted by Crippen LogP contribution is -2.53. The van der Waals surface area contributed by atoms with Gasteiger partial charge in [0.05, 0.1) is 12.1 Å². The Morgan fingerprint density at radius 2 is 2.00 bits per heavy atom. The standard InChI is InChI=1S/C14H28N2O2/c1-10(2)13(17)9-15-14(18)12-7-5-6-8-16(12)11(3)4/h10-13,17H,5-9H2,1-4H3,(H,15,18). The third-order valence-corrected chi connectivity index (χ3v) is 3.77. The van der Waals surface area contributed by atoms with E-state index in [0.29, 0.717) is 12.6 Å². The van der Waals surface area contributed by atoms with Gasteiger partial charge in [0.15, 0.2) is 0 Å². The molecule has 1 saturated heterocycles. The minimum absolute atomic E-state index is 0.0156. The van der Waals surface area contributed by atoms with Gasteiger partial charge in [-0.05, 0) is 39.2 Å². The zero-order chi connectivity index (χ0) is 13.7. The second-order valence-corrected chi connectivity index (χ2v) is 5.90. The van der Waals surface area contributed by atoms with Gasteiger partial charge in [-0.15, -0.1) is 0 Å². The molecule has 1 fully saturated rings. The van der Waals surface area contributed by atoms with Crippen molar-refractivity contribution >= 4 is 5.91 Å². The summed E-state index contributed by atoms with van der Waals surface area (Å²) in [4.78, 5) is 14.4. The number of hydrogen-bond acceptors (Lipinski definition) is 3. The van der Waals surface area contributed by atoms with Crippen molar-refractivity contribution in [2.75, 3.05) is 13.1 Å². The first-order valence-electron chi connectivity index (χ1n) is 7.15. The van der Waals surface area contributed by atoms with Gasteiger partial charge in [0.1, 0.15) is 0 Å². The van der Waals surface area contributed by atoms with Crippen LogP contribution in [0.15, 0.2) is 0 Å². The molecule has 0 spiro atoms. The number of rotatable bonds is 5. The van der Waals surface area contributed by atoms with Crippen LogP contribution in [0.5, 0.6) is 0 Å². The SMILES string of the molecule is CC(C)C(O)CNC(=O)C1CCCCN1C(C)C. The molecule has 0 radical (unpaired) electrons. The molecule has 1 aliphatic heterocycles. The third kappa shape index (κ3) is 4.25. The number of likely N-dealkylation sites (tertiary alicyclic amines) is 1. The van der Waals surface area contributed by atoms with E-state index < -0.39 is 6.10 Å². The van der Waals surface area contributed by atoms with Crippen molar-refractivity contribution in [1.82, 2.24) is 10.2 Å². The summed E-state index contributed by atoms with van der Waals surface area (Å²) in [5, 5.41) is 12.6. The maximum atomic E-state index is 12.2. The molecule has 0 bridgehead atoms. The fourth-order valence-corrected chi connectivity index (χ4v) is 2.41. The van der Waals surface area contributed by atoms with Crippen LogP contribution >= 0.6 is 0 Å². The molecule has 1 aliphatic rings. The molecule has 1 heterocycles. The molecule has 1 amide bonds. The predicted molar refractivity (Wildman–Crippen MR) is 73.3 cm³/mol. The molecule has 2 atom stereocenters. The molecular weight excluding hydrogens is 228 g/mol. The summed E-state index contributed by atoms with van der Waals surface area (Å²) < 4.78 is 0. The highest BCUT2D eigenvalue weighted by atomic mass is 16.3. The highest BCUT2D eigenvalue weighted by Gasteiger charge is 2.30. The van der Waals surface area contributed by atoms with E-state index in [9.17, 15) is 9.90 Å². The Morgan fingerprint density at radius 3 is 2.56 bits per heavy atom. The van der Waals surface area contributed by atoms with Gasteiger partial charge in [-0.1, -0.05) is 20.3 Å². The number of amides is 1. The van der Waals surface area contributed by atoms with Gasteiger partial charge < -0.3 is 10.4 Å².